The van der Waals surface area contributed by atoms with E-state index in [1.165, 1.54) is 0 Å². The fourth-order valence-corrected chi connectivity index (χ4v) is 3.98. The number of carbonyl (C=O) groups excluding carboxylic acids is 1. The number of benzene rings is 2. The molecular weight excluding hydrogens is 364 g/mol. The lowest BCUT2D eigenvalue weighted by atomic mass is 9.85. The highest BCUT2D eigenvalue weighted by molar-refractivity contribution is 5.75. The summed E-state index contributed by atoms with van der Waals surface area (Å²) in [5, 5.41) is 0. The topological polar surface area (TPSA) is 72.5 Å². The molecule has 3 aliphatic rings. The molecule has 3 aliphatic heterocycles. The summed E-state index contributed by atoms with van der Waals surface area (Å²) < 4.78 is 32.6. The van der Waals surface area contributed by atoms with E-state index in [4.69, 9.17) is 28.4 Å². The van der Waals surface area contributed by atoms with Crippen LogP contribution in [0.1, 0.15) is 11.1 Å². The van der Waals surface area contributed by atoms with Gasteiger partial charge in [0.1, 0.15) is 0 Å². The van der Waals surface area contributed by atoms with Gasteiger partial charge in [-0.25, -0.2) is 0 Å². The van der Waals surface area contributed by atoms with E-state index < -0.39 is 0 Å². The summed E-state index contributed by atoms with van der Waals surface area (Å²) in [5.74, 6) is 3.11. The third-order valence-corrected chi connectivity index (χ3v) is 5.42. The third kappa shape index (κ3) is 2.96. The van der Waals surface area contributed by atoms with Crippen LogP contribution >= 0.6 is 0 Å². The Morgan fingerprint density at radius 2 is 1.68 bits per heavy atom. The van der Waals surface area contributed by atoms with E-state index in [2.05, 4.69) is 0 Å². The molecule has 0 bridgehead atoms. The van der Waals surface area contributed by atoms with Crippen LogP contribution in [-0.2, 0) is 22.4 Å². The quantitative estimate of drug-likeness (QED) is 0.734. The van der Waals surface area contributed by atoms with Crippen LogP contribution in [0.3, 0.4) is 0 Å². The zero-order valence-electron chi connectivity index (χ0n) is 15.4. The summed E-state index contributed by atoms with van der Waals surface area (Å²) in [4.78, 5) is 12.4. The Balaban J connectivity index is 1.35. The van der Waals surface area contributed by atoms with Crippen LogP contribution in [0.15, 0.2) is 30.3 Å². The van der Waals surface area contributed by atoms with Gasteiger partial charge in [0, 0.05) is 5.92 Å². The van der Waals surface area contributed by atoms with Gasteiger partial charge in [0.15, 0.2) is 23.0 Å². The van der Waals surface area contributed by atoms with Crippen molar-refractivity contribution in [2.45, 2.75) is 12.8 Å². The average molecular weight is 384 g/mol. The monoisotopic (exact) mass is 384 g/mol. The van der Waals surface area contributed by atoms with Crippen LogP contribution in [0.4, 0.5) is 0 Å². The molecule has 0 N–H and O–H groups in total. The molecule has 0 amide bonds. The summed E-state index contributed by atoms with van der Waals surface area (Å²) in [6, 6.07) is 9.68. The van der Waals surface area contributed by atoms with Crippen molar-refractivity contribution < 1.29 is 33.2 Å². The lowest BCUT2D eigenvalue weighted by Gasteiger charge is -2.16. The van der Waals surface area contributed by atoms with E-state index in [-0.39, 0.29) is 31.4 Å². The summed E-state index contributed by atoms with van der Waals surface area (Å²) in [6.45, 7) is 0.830. The number of ether oxygens (including phenoxy) is 6. The maximum Gasteiger partial charge on any atom is 0.309 e. The normalized spacial score (nSPS) is 21.7. The average Bonchev–Trinajstić information content (AvgIpc) is 3.43. The first-order chi connectivity index (χ1) is 13.7. The van der Waals surface area contributed by atoms with Crippen molar-refractivity contribution in [1.82, 2.24) is 0 Å². The van der Waals surface area contributed by atoms with Gasteiger partial charge in [-0.3, -0.25) is 4.79 Å². The maximum atomic E-state index is 12.4. The minimum absolute atomic E-state index is 0.0722. The van der Waals surface area contributed by atoms with Gasteiger partial charge in [0.2, 0.25) is 19.3 Å². The fraction of sp³-hybridized carbons (Fsp3) is 0.381. The predicted molar refractivity (Wildman–Crippen MR) is 97.0 cm³/mol. The Morgan fingerprint density at radius 1 is 0.893 bits per heavy atom. The van der Waals surface area contributed by atoms with Gasteiger partial charge in [0.05, 0.1) is 19.6 Å². The molecule has 146 valence electrons. The van der Waals surface area contributed by atoms with Gasteiger partial charge >= 0.3 is 5.97 Å². The van der Waals surface area contributed by atoms with E-state index in [1.807, 2.05) is 30.3 Å². The molecule has 1 fully saturated rings. The molecule has 0 saturated carbocycles. The molecule has 7 nitrogen and oxygen atoms in total. The second kappa shape index (κ2) is 6.82. The molecule has 0 radical (unpaired) electrons. The van der Waals surface area contributed by atoms with Crippen molar-refractivity contribution in [3.8, 4) is 28.7 Å². The standard InChI is InChI=1S/C21H20O7/c1-23-18-7-13(8-19-20(18)28-11-27-19)4-14-9-24-21(22)15(14)5-12-2-3-16-17(6-12)26-10-25-16/h2-3,6-8,14-15H,4-5,9-11H2,1H3/t14-,15+/m1/s1. The summed E-state index contributed by atoms with van der Waals surface area (Å²) in [6.07, 6.45) is 1.29. The Hall–Kier alpha value is -3.09. The van der Waals surface area contributed by atoms with Crippen molar-refractivity contribution in [3.63, 3.8) is 0 Å². The van der Waals surface area contributed by atoms with E-state index in [0.29, 0.717) is 36.7 Å². The van der Waals surface area contributed by atoms with Crippen molar-refractivity contribution >= 4 is 5.97 Å². The lowest BCUT2D eigenvalue weighted by Crippen LogP contribution is -2.20. The molecule has 7 heteroatoms. The number of methoxy groups -OCH3 is 1. The van der Waals surface area contributed by atoms with Crippen LogP contribution < -0.4 is 23.7 Å². The molecule has 28 heavy (non-hydrogen) atoms. The zero-order valence-corrected chi connectivity index (χ0v) is 15.4. The Labute approximate surface area is 162 Å². The fourth-order valence-electron chi connectivity index (χ4n) is 3.98. The number of esters is 1. The predicted octanol–water partition coefficient (Wildman–Crippen LogP) is 2.73. The van der Waals surface area contributed by atoms with Gasteiger partial charge in [-0.1, -0.05) is 6.07 Å². The highest BCUT2D eigenvalue weighted by Gasteiger charge is 2.37. The molecule has 2 atom stereocenters. The number of cyclic esters (lactones) is 1. The first-order valence-electron chi connectivity index (χ1n) is 9.23. The summed E-state index contributed by atoms with van der Waals surface area (Å²) >= 11 is 0. The molecular formula is C21H20O7. The van der Waals surface area contributed by atoms with E-state index in [0.717, 1.165) is 22.6 Å². The van der Waals surface area contributed by atoms with Crippen LogP contribution in [-0.4, -0.2) is 33.3 Å². The molecule has 3 heterocycles. The number of hydrogen-bond acceptors (Lipinski definition) is 7. The van der Waals surface area contributed by atoms with Crippen LogP contribution in [0.2, 0.25) is 0 Å². The van der Waals surface area contributed by atoms with Crippen LogP contribution in [0.25, 0.3) is 0 Å². The highest BCUT2D eigenvalue weighted by Crippen LogP contribution is 2.43. The van der Waals surface area contributed by atoms with Crippen molar-refractivity contribution in [2.24, 2.45) is 11.8 Å². The summed E-state index contributed by atoms with van der Waals surface area (Å²) in [7, 11) is 1.60. The Bertz CT molecular complexity index is 923. The van der Waals surface area contributed by atoms with Crippen molar-refractivity contribution in [2.75, 3.05) is 27.3 Å². The molecule has 2 aromatic carbocycles. The number of fused-ring (bicyclic) bond motifs is 2. The molecule has 0 aliphatic carbocycles. The molecule has 0 spiro atoms. The second-order valence-electron chi connectivity index (χ2n) is 7.12. The van der Waals surface area contributed by atoms with E-state index in [1.54, 1.807) is 7.11 Å². The number of hydrogen-bond donors (Lipinski definition) is 0. The first kappa shape index (κ1) is 17.0. The summed E-state index contributed by atoms with van der Waals surface area (Å²) in [5.41, 5.74) is 2.06. The highest BCUT2D eigenvalue weighted by atomic mass is 16.7. The van der Waals surface area contributed by atoms with Crippen LogP contribution in [0, 0.1) is 11.8 Å². The third-order valence-electron chi connectivity index (χ3n) is 5.42. The molecule has 0 unspecified atom stereocenters. The van der Waals surface area contributed by atoms with Crippen LogP contribution in [0.5, 0.6) is 28.7 Å². The van der Waals surface area contributed by atoms with Gasteiger partial charge in [-0.15, -0.1) is 0 Å². The molecule has 0 aromatic heterocycles. The van der Waals surface area contributed by atoms with Crippen molar-refractivity contribution in [1.29, 1.82) is 0 Å². The minimum Gasteiger partial charge on any atom is -0.493 e. The SMILES string of the molecule is COc1cc(C[C@@H]2COC(=O)[C@H]2Cc2ccc3c(c2)OCO3)cc2c1OCO2. The van der Waals surface area contributed by atoms with E-state index >= 15 is 0 Å². The van der Waals surface area contributed by atoms with Gasteiger partial charge in [0.25, 0.3) is 0 Å². The lowest BCUT2D eigenvalue weighted by molar-refractivity contribution is -0.141. The largest absolute Gasteiger partial charge is 0.493 e. The maximum absolute atomic E-state index is 12.4. The Morgan fingerprint density at radius 3 is 2.57 bits per heavy atom. The van der Waals surface area contributed by atoms with Crippen molar-refractivity contribution in [3.05, 3.63) is 41.5 Å². The van der Waals surface area contributed by atoms with E-state index in [9.17, 15) is 4.79 Å². The number of rotatable bonds is 5. The van der Waals surface area contributed by atoms with Gasteiger partial charge < -0.3 is 28.4 Å². The molecule has 1 saturated heterocycles. The second-order valence-corrected chi connectivity index (χ2v) is 7.12. The first-order valence-corrected chi connectivity index (χ1v) is 9.23. The van der Waals surface area contributed by atoms with Gasteiger partial charge in [-0.05, 0) is 48.2 Å². The smallest absolute Gasteiger partial charge is 0.309 e. The Kier molecular flexibility index (Phi) is 4.15. The molecule has 2 aromatic rings. The number of carbonyl (C=O) groups is 1. The zero-order chi connectivity index (χ0) is 19.1. The van der Waals surface area contributed by atoms with Gasteiger partial charge in [-0.2, -0.15) is 0 Å². The minimum atomic E-state index is -0.211. The molecule has 5 rings (SSSR count).